The molecule has 22 heavy (non-hydrogen) atoms. The van der Waals surface area contributed by atoms with Crippen molar-refractivity contribution in [3.05, 3.63) is 23.2 Å². The summed E-state index contributed by atoms with van der Waals surface area (Å²) < 4.78 is 5.51. The lowest BCUT2D eigenvalue weighted by atomic mass is 10.0. The van der Waals surface area contributed by atoms with E-state index in [0.29, 0.717) is 29.7 Å². The molecule has 1 fully saturated rings. The van der Waals surface area contributed by atoms with Crippen LogP contribution in [0.3, 0.4) is 0 Å². The summed E-state index contributed by atoms with van der Waals surface area (Å²) in [5, 5.41) is 6.73. The van der Waals surface area contributed by atoms with Gasteiger partial charge in [0.2, 0.25) is 5.91 Å². The van der Waals surface area contributed by atoms with Gasteiger partial charge in [-0.25, -0.2) is 0 Å². The highest BCUT2D eigenvalue weighted by Gasteiger charge is 2.15. The fourth-order valence-electron chi connectivity index (χ4n) is 2.43. The molecular weight excluding hydrogens is 323 g/mol. The lowest BCUT2D eigenvalue weighted by molar-refractivity contribution is -0.116. The first-order valence-electron chi connectivity index (χ1n) is 7.62. The number of anilines is 1. The number of hydrogen-bond acceptors (Lipinski definition) is 3. The standard InChI is InChI=1S/C16H23ClN2O2.ClH/c1-2-9-21-15-5-4-13(10-14(15)17)19-16(20)6-3-12-7-8-18-11-12;/h4-5,10,12,18H,2-3,6-9,11H2,1H3,(H,19,20);1H. The molecule has 2 rings (SSSR count). The maximum atomic E-state index is 11.9. The van der Waals surface area contributed by atoms with E-state index in [2.05, 4.69) is 10.6 Å². The van der Waals surface area contributed by atoms with E-state index in [0.717, 1.165) is 31.6 Å². The average Bonchev–Trinajstić information content (AvgIpc) is 2.98. The summed E-state index contributed by atoms with van der Waals surface area (Å²) >= 11 is 6.14. The Morgan fingerprint density at radius 1 is 1.50 bits per heavy atom. The number of ether oxygens (including phenoxy) is 1. The lowest BCUT2D eigenvalue weighted by Crippen LogP contribution is -2.15. The van der Waals surface area contributed by atoms with Gasteiger partial charge in [0.15, 0.2) is 0 Å². The van der Waals surface area contributed by atoms with Crippen molar-refractivity contribution in [2.75, 3.05) is 25.0 Å². The number of benzene rings is 1. The van der Waals surface area contributed by atoms with Gasteiger partial charge in [-0.05, 0) is 56.5 Å². The van der Waals surface area contributed by atoms with Crippen LogP contribution in [0.25, 0.3) is 0 Å². The molecule has 1 aliphatic heterocycles. The van der Waals surface area contributed by atoms with Crippen LogP contribution in [-0.4, -0.2) is 25.6 Å². The zero-order valence-electron chi connectivity index (χ0n) is 12.9. The Bertz CT molecular complexity index is 477. The third kappa shape index (κ3) is 6.03. The van der Waals surface area contributed by atoms with E-state index >= 15 is 0 Å². The molecule has 1 amide bonds. The second kappa shape index (κ2) is 9.93. The largest absolute Gasteiger partial charge is 0.492 e. The molecule has 0 radical (unpaired) electrons. The molecule has 1 heterocycles. The van der Waals surface area contributed by atoms with Gasteiger partial charge >= 0.3 is 0 Å². The Morgan fingerprint density at radius 3 is 2.95 bits per heavy atom. The average molecular weight is 347 g/mol. The van der Waals surface area contributed by atoms with Crippen LogP contribution in [0.2, 0.25) is 5.02 Å². The van der Waals surface area contributed by atoms with E-state index in [9.17, 15) is 4.79 Å². The molecular formula is C16H24Cl2N2O2. The molecule has 124 valence electrons. The van der Waals surface area contributed by atoms with Gasteiger partial charge in [0, 0.05) is 12.1 Å². The maximum Gasteiger partial charge on any atom is 0.224 e. The highest BCUT2D eigenvalue weighted by Crippen LogP contribution is 2.28. The molecule has 1 saturated heterocycles. The zero-order chi connectivity index (χ0) is 15.1. The molecule has 6 heteroatoms. The van der Waals surface area contributed by atoms with E-state index in [4.69, 9.17) is 16.3 Å². The summed E-state index contributed by atoms with van der Waals surface area (Å²) in [6.45, 7) is 4.78. The monoisotopic (exact) mass is 346 g/mol. The fraction of sp³-hybridized carbons (Fsp3) is 0.562. The Morgan fingerprint density at radius 2 is 2.32 bits per heavy atom. The third-order valence-corrected chi connectivity index (χ3v) is 3.91. The molecule has 0 bridgehead atoms. The van der Waals surface area contributed by atoms with Crippen LogP contribution < -0.4 is 15.4 Å². The molecule has 1 unspecified atom stereocenters. The van der Waals surface area contributed by atoms with Gasteiger partial charge in [-0.15, -0.1) is 12.4 Å². The third-order valence-electron chi connectivity index (χ3n) is 3.62. The van der Waals surface area contributed by atoms with Crippen LogP contribution in [-0.2, 0) is 4.79 Å². The van der Waals surface area contributed by atoms with Crippen molar-refractivity contribution in [2.24, 2.45) is 5.92 Å². The Labute approximate surface area is 143 Å². The summed E-state index contributed by atoms with van der Waals surface area (Å²) in [6, 6.07) is 5.36. The summed E-state index contributed by atoms with van der Waals surface area (Å²) in [7, 11) is 0. The number of nitrogens with one attached hydrogen (secondary N) is 2. The van der Waals surface area contributed by atoms with Gasteiger partial charge in [-0.1, -0.05) is 18.5 Å². The van der Waals surface area contributed by atoms with Gasteiger partial charge in [-0.2, -0.15) is 0 Å². The highest BCUT2D eigenvalue weighted by molar-refractivity contribution is 6.32. The van der Waals surface area contributed by atoms with Gasteiger partial charge in [0.1, 0.15) is 5.75 Å². The van der Waals surface area contributed by atoms with Crippen molar-refractivity contribution in [2.45, 2.75) is 32.6 Å². The Balaban J connectivity index is 0.00000242. The van der Waals surface area contributed by atoms with Crippen LogP contribution in [0.1, 0.15) is 32.6 Å². The summed E-state index contributed by atoms with van der Waals surface area (Å²) in [4.78, 5) is 11.9. The molecule has 0 spiro atoms. The SMILES string of the molecule is CCCOc1ccc(NC(=O)CCC2CCNC2)cc1Cl.Cl. The Hall–Kier alpha value is -0.970. The topological polar surface area (TPSA) is 50.4 Å². The molecule has 0 aliphatic carbocycles. The first kappa shape index (κ1) is 19.1. The second-order valence-electron chi connectivity index (χ2n) is 5.44. The first-order chi connectivity index (χ1) is 10.2. The van der Waals surface area contributed by atoms with Crippen molar-refractivity contribution in [1.29, 1.82) is 0 Å². The van der Waals surface area contributed by atoms with Crippen molar-refractivity contribution in [3.8, 4) is 5.75 Å². The predicted octanol–water partition coefficient (Wildman–Crippen LogP) is 3.88. The maximum absolute atomic E-state index is 11.9. The molecule has 2 N–H and O–H groups in total. The van der Waals surface area contributed by atoms with Crippen LogP contribution in [0.15, 0.2) is 18.2 Å². The summed E-state index contributed by atoms with van der Waals surface area (Å²) in [6.07, 6.45) is 3.59. The summed E-state index contributed by atoms with van der Waals surface area (Å²) in [5.74, 6) is 1.33. The predicted molar refractivity (Wildman–Crippen MR) is 93.3 cm³/mol. The number of hydrogen-bond donors (Lipinski definition) is 2. The minimum Gasteiger partial charge on any atom is -0.492 e. The molecule has 1 aliphatic rings. The first-order valence-corrected chi connectivity index (χ1v) is 7.99. The van der Waals surface area contributed by atoms with Crippen molar-refractivity contribution in [1.82, 2.24) is 5.32 Å². The van der Waals surface area contributed by atoms with Crippen molar-refractivity contribution >= 4 is 35.6 Å². The van der Waals surface area contributed by atoms with E-state index in [1.807, 2.05) is 13.0 Å². The molecule has 1 atom stereocenters. The van der Waals surface area contributed by atoms with E-state index in [1.165, 1.54) is 6.42 Å². The number of carbonyl (C=O) groups excluding carboxylic acids is 1. The van der Waals surface area contributed by atoms with Crippen molar-refractivity contribution in [3.63, 3.8) is 0 Å². The zero-order valence-corrected chi connectivity index (χ0v) is 14.4. The minimum atomic E-state index is 0. The Kier molecular flexibility index (Phi) is 8.61. The second-order valence-corrected chi connectivity index (χ2v) is 5.85. The number of rotatable bonds is 7. The molecule has 4 nitrogen and oxygen atoms in total. The van der Waals surface area contributed by atoms with E-state index < -0.39 is 0 Å². The minimum absolute atomic E-state index is 0. The van der Waals surface area contributed by atoms with E-state index in [1.54, 1.807) is 12.1 Å². The number of halogens is 2. The summed E-state index contributed by atoms with van der Waals surface area (Å²) in [5.41, 5.74) is 0.721. The molecule has 1 aromatic carbocycles. The lowest BCUT2D eigenvalue weighted by Gasteiger charge is -2.11. The van der Waals surface area contributed by atoms with Crippen LogP contribution in [0, 0.1) is 5.92 Å². The van der Waals surface area contributed by atoms with Crippen LogP contribution in [0.4, 0.5) is 5.69 Å². The van der Waals surface area contributed by atoms with Gasteiger partial charge in [-0.3, -0.25) is 4.79 Å². The smallest absolute Gasteiger partial charge is 0.224 e. The van der Waals surface area contributed by atoms with Gasteiger partial charge in [0.25, 0.3) is 0 Å². The quantitative estimate of drug-likeness (QED) is 0.787. The normalized spacial score (nSPS) is 16.9. The highest BCUT2D eigenvalue weighted by atomic mass is 35.5. The number of carbonyl (C=O) groups is 1. The van der Waals surface area contributed by atoms with E-state index in [-0.39, 0.29) is 18.3 Å². The molecule has 0 saturated carbocycles. The van der Waals surface area contributed by atoms with Gasteiger partial charge in [0.05, 0.1) is 11.6 Å². The number of amides is 1. The fourth-order valence-corrected chi connectivity index (χ4v) is 2.66. The molecule has 0 aromatic heterocycles. The van der Waals surface area contributed by atoms with Crippen LogP contribution >= 0.6 is 24.0 Å². The van der Waals surface area contributed by atoms with Gasteiger partial charge < -0.3 is 15.4 Å². The van der Waals surface area contributed by atoms with Crippen LogP contribution in [0.5, 0.6) is 5.75 Å². The van der Waals surface area contributed by atoms with Crippen molar-refractivity contribution < 1.29 is 9.53 Å². The molecule has 1 aromatic rings.